The third kappa shape index (κ3) is 3.83. The van der Waals surface area contributed by atoms with Crippen LogP contribution in [0.2, 0.25) is 0 Å². The van der Waals surface area contributed by atoms with Gasteiger partial charge in [0.05, 0.1) is 29.8 Å². The van der Waals surface area contributed by atoms with Crippen molar-refractivity contribution in [3.05, 3.63) is 65.2 Å². The number of amides is 1. The van der Waals surface area contributed by atoms with Gasteiger partial charge in [0.1, 0.15) is 5.75 Å². The Hall–Kier alpha value is -3.33. The zero-order valence-electron chi connectivity index (χ0n) is 14.3. The van der Waals surface area contributed by atoms with E-state index in [4.69, 9.17) is 14.7 Å². The second kappa shape index (κ2) is 7.70. The summed E-state index contributed by atoms with van der Waals surface area (Å²) in [5.74, 6) is -0.218. The van der Waals surface area contributed by atoms with E-state index < -0.39 is 12.1 Å². The van der Waals surface area contributed by atoms with Crippen molar-refractivity contribution in [2.75, 3.05) is 6.61 Å². The lowest BCUT2D eigenvalue weighted by Crippen LogP contribution is -2.39. The van der Waals surface area contributed by atoms with Crippen LogP contribution in [0.1, 0.15) is 40.9 Å². The largest absolute Gasteiger partial charge is 0.493 e. The van der Waals surface area contributed by atoms with Gasteiger partial charge in [0, 0.05) is 12.0 Å². The number of benzene rings is 2. The summed E-state index contributed by atoms with van der Waals surface area (Å²) in [6.45, 7) is 2.05. The van der Waals surface area contributed by atoms with Crippen molar-refractivity contribution in [3.63, 3.8) is 0 Å². The van der Waals surface area contributed by atoms with Crippen LogP contribution in [0.4, 0.5) is 0 Å². The van der Waals surface area contributed by atoms with E-state index in [1.807, 2.05) is 30.3 Å². The predicted molar refractivity (Wildman–Crippen MR) is 93.5 cm³/mol. The van der Waals surface area contributed by atoms with Crippen molar-refractivity contribution in [1.29, 1.82) is 5.26 Å². The van der Waals surface area contributed by atoms with Crippen LogP contribution in [0.25, 0.3) is 0 Å². The average Bonchev–Trinajstić information content (AvgIpc) is 2.68. The Bertz CT molecular complexity index is 855. The Balaban J connectivity index is 1.61. The van der Waals surface area contributed by atoms with E-state index in [0.29, 0.717) is 24.2 Å². The maximum Gasteiger partial charge on any atom is 0.338 e. The quantitative estimate of drug-likeness (QED) is 0.857. The fourth-order valence-corrected chi connectivity index (χ4v) is 2.74. The Kier molecular flexibility index (Phi) is 5.18. The molecule has 1 heterocycles. The van der Waals surface area contributed by atoms with Gasteiger partial charge in [-0.3, -0.25) is 4.79 Å². The van der Waals surface area contributed by atoms with Gasteiger partial charge in [-0.25, -0.2) is 4.79 Å². The minimum atomic E-state index is -0.937. The summed E-state index contributed by atoms with van der Waals surface area (Å²) in [6.07, 6.45) is -0.285. The van der Waals surface area contributed by atoms with Gasteiger partial charge >= 0.3 is 5.97 Å². The number of rotatable bonds is 4. The first-order valence-electron chi connectivity index (χ1n) is 8.31. The Morgan fingerprint density at radius 2 is 1.96 bits per heavy atom. The molecular weight excluding hydrogens is 332 g/mol. The van der Waals surface area contributed by atoms with E-state index in [2.05, 4.69) is 5.32 Å². The molecule has 0 spiro atoms. The summed E-state index contributed by atoms with van der Waals surface area (Å²) in [5.41, 5.74) is 1.66. The molecule has 1 aliphatic heterocycles. The Morgan fingerprint density at radius 1 is 1.23 bits per heavy atom. The predicted octanol–water partition coefficient (Wildman–Crippen LogP) is 2.74. The Morgan fingerprint density at radius 3 is 2.69 bits per heavy atom. The molecule has 1 amide bonds. The van der Waals surface area contributed by atoms with Crippen molar-refractivity contribution >= 4 is 11.9 Å². The number of hydrogen-bond donors (Lipinski definition) is 1. The van der Waals surface area contributed by atoms with E-state index in [1.165, 1.54) is 31.2 Å². The van der Waals surface area contributed by atoms with Gasteiger partial charge in [0.25, 0.3) is 5.91 Å². The second-order valence-electron chi connectivity index (χ2n) is 5.97. The number of fused-ring (bicyclic) bond motifs is 1. The fourth-order valence-electron chi connectivity index (χ4n) is 2.74. The molecule has 2 unspecified atom stereocenters. The van der Waals surface area contributed by atoms with Crippen molar-refractivity contribution in [2.45, 2.75) is 25.5 Å². The molecule has 0 saturated heterocycles. The summed E-state index contributed by atoms with van der Waals surface area (Å²) in [4.78, 5) is 24.6. The fraction of sp³-hybridized carbons (Fsp3) is 0.250. The molecule has 0 bridgehead atoms. The van der Waals surface area contributed by atoms with Crippen molar-refractivity contribution in [2.24, 2.45) is 0 Å². The first kappa shape index (κ1) is 17.5. The zero-order valence-corrected chi connectivity index (χ0v) is 14.3. The third-order valence-electron chi connectivity index (χ3n) is 4.18. The van der Waals surface area contributed by atoms with Crippen molar-refractivity contribution < 1.29 is 19.1 Å². The van der Waals surface area contributed by atoms with E-state index in [-0.39, 0.29) is 11.9 Å². The molecule has 0 radical (unpaired) electrons. The molecular formula is C20H18N2O4. The second-order valence-corrected chi connectivity index (χ2v) is 5.97. The topological polar surface area (TPSA) is 88.4 Å². The molecule has 0 fully saturated rings. The summed E-state index contributed by atoms with van der Waals surface area (Å²) in [5, 5.41) is 11.7. The molecule has 132 valence electrons. The third-order valence-corrected chi connectivity index (χ3v) is 4.18. The highest BCUT2D eigenvalue weighted by Gasteiger charge is 2.26. The Labute approximate surface area is 151 Å². The van der Waals surface area contributed by atoms with Crippen LogP contribution in [0, 0.1) is 11.3 Å². The van der Waals surface area contributed by atoms with Gasteiger partial charge in [0.15, 0.2) is 6.10 Å². The molecule has 26 heavy (non-hydrogen) atoms. The van der Waals surface area contributed by atoms with Crippen LogP contribution in [0.5, 0.6) is 5.75 Å². The summed E-state index contributed by atoms with van der Waals surface area (Å²) >= 11 is 0. The first-order chi connectivity index (χ1) is 12.6. The molecule has 3 rings (SSSR count). The molecule has 1 N–H and O–H groups in total. The zero-order chi connectivity index (χ0) is 18.5. The number of carbonyl (C=O) groups excluding carboxylic acids is 2. The van der Waals surface area contributed by atoms with E-state index >= 15 is 0 Å². The van der Waals surface area contributed by atoms with Crippen LogP contribution < -0.4 is 10.1 Å². The van der Waals surface area contributed by atoms with E-state index in [1.54, 1.807) is 0 Å². The lowest BCUT2D eigenvalue weighted by molar-refractivity contribution is -0.130. The van der Waals surface area contributed by atoms with E-state index in [0.717, 1.165) is 11.3 Å². The van der Waals surface area contributed by atoms with E-state index in [9.17, 15) is 9.59 Å². The maximum atomic E-state index is 12.4. The van der Waals surface area contributed by atoms with Gasteiger partial charge in [-0.15, -0.1) is 0 Å². The summed E-state index contributed by atoms with van der Waals surface area (Å²) < 4.78 is 10.8. The van der Waals surface area contributed by atoms with Crippen LogP contribution >= 0.6 is 0 Å². The molecule has 2 aromatic rings. The highest BCUT2D eigenvalue weighted by molar-refractivity contribution is 5.92. The van der Waals surface area contributed by atoms with Crippen LogP contribution in [0.15, 0.2) is 48.5 Å². The number of hydrogen-bond acceptors (Lipinski definition) is 5. The molecule has 0 saturated carbocycles. The van der Waals surface area contributed by atoms with Gasteiger partial charge in [-0.1, -0.05) is 18.2 Å². The molecule has 1 aliphatic rings. The smallest absolute Gasteiger partial charge is 0.338 e. The minimum Gasteiger partial charge on any atom is -0.493 e. The number of nitrogens with zero attached hydrogens (tertiary/aromatic N) is 1. The van der Waals surface area contributed by atoms with Crippen LogP contribution in [0.3, 0.4) is 0 Å². The van der Waals surface area contributed by atoms with Crippen LogP contribution in [-0.4, -0.2) is 24.6 Å². The van der Waals surface area contributed by atoms with Gasteiger partial charge in [-0.05, 0) is 37.3 Å². The maximum absolute atomic E-state index is 12.4. The molecule has 2 aromatic carbocycles. The minimum absolute atomic E-state index is 0.177. The van der Waals surface area contributed by atoms with Gasteiger partial charge < -0.3 is 14.8 Å². The highest BCUT2D eigenvalue weighted by atomic mass is 16.5. The number of nitrogens with one attached hydrogen (secondary N) is 1. The monoisotopic (exact) mass is 350 g/mol. The molecule has 2 atom stereocenters. The highest BCUT2D eigenvalue weighted by Crippen LogP contribution is 2.31. The summed E-state index contributed by atoms with van der Waals surface area (Å²) in [6, 6.07) is 15.4. The molecule has 6 nitrogen and oxygen atoms in total. The number of ether oxygens (including phenoxy) is 2. The molecule has 0 aliphatic carbocycles. The lowest BCUT2D eigenvalue weighted by Gasteiger charge is -2.27. The van der Waals surface area contributed by atoms with Crippen molar-refractivity contribution in [1.82, 2.24) is 5.32 Å². The summed E-state index contributed by atoms with van der Waals surface area (Å²) in [7, 11) is 0. The molecule has 0 aromatic heterocycles. The van der Waals surface area contributed by atoms with Crippen molar-refractivity contribution in [3.8, 4) is 11.8 Å². The number of esters is 1. The molecule has 6 heteroatoms. The number of nitriles is 1. The normalized spacial score (nSPS) is 16.4. The van der Waals surface area contributed by atoms with Gasteiger partial charge in [0.2, 0.25) is 0 Å². The first-order valence-corrected chi connectivity index (χ1v) is 8.31. The number of carbonyl (C=O) groups is 2. The SMILES string of the molecule is CC(OC(=O)c1ccc(C#N)cc1)C(=O)NC1CCOc2ccccc21. The number of para-hydroxylation sites is 1. The van der Waals surface area contributed by atoms with Crippen LogP contribution in [-0.2, 0) is 9.53 Å². The van der Waals surface area contributed by atoms with Gasteiger partial charge in [-0.2, -0.15) is 5.26 Å². The average molecular weight is 350 g/mol. The standard InChI is InChI=1S/C20H18N2O4/c1-13(26-20(24)15-8-6-14(12-21)7-9-15)19(23)22-17-10-11-25-18-5-3-2-4-16(17)18/h2-9,13,17H,10-11H2,1H3,(H,22,23). The lowest BCUT2D eigenvalue weighted by atomic mass is 10.0.